The number of hydrogen-bond donors (Lipinski definition) is 0. The minimum absolute atomic E-state index is 0.333. The molecule has 1 aromatic heterocycles. The van der Waals surface area contributed by atoms with E-state index in [9.17, 15) is 0 Å². The van der Waals surface area contributed by atoms with Gasteiger partial charge in [0.25, 0.3) is 0 Å². The maximum Gasteiger partial charge on any atom is 0.138 e. The second-order valence-electron chi connectivity index (χ2n) is 2.61. The molecule has 5 heteroatoms. The van der Waals surface area contributed by atoms with E-state index < -0.39 is 0 Å². The maximum absolute atomic E-state index is 5.87. The second-order valence-corrected chi connectivity index (χ2v) is 3.24. The van der Waals surface area contributed by atoms with Gasteiger partial charge in [-0.1, -0.05) is 11.6 Å². The van der Waals surface area contributed by atoms with Crippen molar-refractivity contribution >= 4 is 29.0 Å². The largest absolute Gasteiger partial charge is 0.360 e. The lowest BCUT2D eigenvalue weighted by Gasteiger charge is -2.18. The van der Waals surface area contributed by atoms with Gasteiger partial charge in [0.15, 0.2) is 0 Å². The van der Waals surface area contributed by atoms with Crippen molar-refractivity contribution in [3.8, 4) is 0 Å². The Morgan fingerprint density at radius 1 is 1.46 bits per heavy atom. The van der Waals surface area contributed by atoms with E-state index in [1.165, 1.54) is 6.33 Å². The van der Waals surface area contributed by atoms with Gasteiger partial charge in [-0.15, -0.1) is 11.6 Å². The number of hydrogen-bond acceptors (Lipinski definition) is 3. The van der Waals surface area contributed by atoms with Gasteiger partial charge in [-0.25, -0.2) is 9.97 Å². The van der Waals surface area contributed by atoms with E-state index in [0.29, 0.717) is 11.0 Å². The van der Waals surface area contributed by atoms with Crippen molar-refractivity contribution in [1.82, 2.24) is 9.97 Å². The van der Waals surface area contributed by atoms with E-state index in [4.69, 9.17) is 23.2 Å². The first-order valence-corrected chi connectivity index (χ1v) is 4.88. The van der Waals surface area contributed by atoms with Gasteiger partial charge in [0.2, 0.25) is 0 Å². The van der Waals surface area contributed by atoms with Crippen LogP contribution in [0.2, 0.25) is 5.15 Å². The van der Waals surface area contributed by atoms with Crippen molar-refractivity contribution in [2.24, 2.45) is 0 Å². The third-order valence-electron chi connectivity index (χ3n) is 1.84. The van der Waals surface area contributed by atoms with E-state index in [1.54, 1.807) is 0 Å². The number of alkyl halides is 1. The highest BCUT2D eigenvalue weighted by molar-refractivity contribution is 6.31. The van der Waals surface area contributed by atoms with Crippen LogP contribution in [-0.2, 0) is 5.88 Å². The van der Waals surface area contributed by atoms with Crippen molar-refractivity contribution in [3.05, 3.63) is 17.0 Å². The zero-order valence-electron chi connectivity index (χ0n) is 7.59. The molecule has 0 saturated carbocycles. The Hall–Kier alpha value is -0.540. The molecule has 3 nitrogen and oxygen atoms in total. The van der Waals surface area contributed by atoms with Crippen LogP contribution in [0, 0.1) is 0 Å². The Kier molecular flexibility index (Phi) is 3.75. The minimum Gasteiger partial charge on any atom is -0.360 e. The molecule has 1 heterocycles. The maximum atomic E-state index is 5.87. The molecule has 0 aromatic carbocycles. The summed E-state index contributed by atoms with van der Waals surface area (Å²) in [5.74, 6) is 1.14. The highest BCUT2D eigenvalue weighted by Crippen LogP contribution is 2.23. The Morgan fingerprint density at radius 3 is 2.69 bits per heavy atom. The Labute approximate surface area is 87.7 Å². The van der Waals surface area contributed by atoms with Gasteiger partial charge in [-0.2, -0.15) is 0 Å². The molecule has 0 aliphatic carbocycles. The number of rotatable bonds is 3. The predicted octanol–water partition coefficient (Wildman–Crippen LogP) is 2.32. The summed E-state index contributed by atoms with van der Waals surface area (Å²) < 4.78 is 0. The van der Waals surface area contributed by atoms with Crippen LogP contribution < -0.4 is 4.90 Å². The molecule has 0 amide bonds. The summed E-state index contributed by atoms with van der Waals surface area (Å²) in [6.07, 6.45) is 1.44. The van der Waals surface area contributed by atoms with Gasteiger partial charge in [-0.3, -0.25) is 0 Å². The Balaban J connectivity index is 3.12. The van der Waals surface area contributed by atoms with Crippen LogP contribution in [0.25, 0.3) is 0 Å². The molecule has 0 radical (unpaired) electrons. The summed E-state index contributed by atoms with van der Waals surface area (Å²) in [5, 5.41) is 0.431. The normalized spacial score (nSPS) is 10.2. The molecule has 1 rings (SSSR count). The van der Waals surface area contributed by atoms with E-state index in [0.717, 1.165) is 17.9 Å². The molecule has 0 saturated heterocycles. The number of aromatic nitrogens is 2. The third kappa shape index (κ3) is 2.23. The SMILES string of the molecule is CCN(C)c1ncnc(Cl)c1CCl. The molecule has 72 valence electrons. The fourth-order valence-electron chi connectivity index (χ4n) is 0.976. The van der Waals surface area contributed by atoms with Gasteiger partial charge >= 0.3 is 0 Å². The van der Waals surface area contributed by atoms with Gasteiger partial charge in [0.1, 0.15) is 17.3 Å². The van der Waals surface area contributed by atoms with Crippen molar-refractivity contribution in [3.63, 3.8) is 0 Å². The summed E-state index contributed by atoms with van der Waals surface area (Å²) in [6.45, 7) is 2.89. The smallest absolute Gasteiger partial charge is 0.138 e. The van der Waals surface area contributed by atoms with E-state index in [2.05, 4.69) is 9.97 Å². The molecule has 0 aliphatic heterocycles. The van der Waals surface area contributed by atoms with Crippen molar-refractivity contribution in [1.29, 1.82) is 0 Å². The van der Waals surface area contributed by atoms with Crippen LogP contribution in [0.1, 0.15) is 12.5 Å². The van der Waals surface area contributed by atoms with Crippen LogP contribution in [0.3, 0.4) is 0 Å². The van der Waals surface area contributed by atoms with Gasteiger partial charge in [0.05, 0.1) is 5.88 Å². The molecule has 0 atom stereocenters. The lowest BCUT2D eigenvalue weighted by molar-refractivity contribution is 0.915. The zero-order valence-corrected chi connectivity index (χ0v) is 9.10. The monoisotopic (exact) mass is 219 g/mol. The summed E-state index contributed by atoms with van der Waals surface area (Å²) in [6, 6.07) is 0. The molecule has 0 unspecified atom stereocenters. The standard InChI is InChI=1S/C8H11Cl2N3/c1-3-13(2)8-6(4-9)7(10)11-5-12-8/h5H,3-4H2,1-2H3. The topological polar surface area (TPSA) is 29.0 Å². The second kappa shape index (κ2) is 4.63. The Bertz CT molecular complexity index is 291. The number of halogens is 2. The lowest BCUT2D eigenvalue weighted by Crippen LogP contribution is -2.19. The van der Waals surface area contributed by atoms with Crippen LogP contribution in [0.5, 0.6) is 0 Å². The van der Waals surface area contributed by atoms with Crippen LogP contribution in [0.4, 0.5) is 5.82 Å². The first-order chi connectivity index (χ1) is 6.20. The van der Waals surface area contributed by atoms with Crippen LogP contribution in [-0.4, -0.2) is 23.6 Å². The summed E-state index contributed by atoms with van der Waals surface area (Å²) in [7, 11) is 1.94. The average molecular weight is 220 g/mol. The van der Waals surface area contributed by atoms with Crippen LogP contribution in [0.15, 0.2) is 6.33 Å². The molecule has 1 aromatic rings. The minimum atomic E-state index is 0.333. The molecule has 0 bridgehead atoms. The fraction of sp³-hybridized carbons (Fsp3) is 0.500. The third-order valence-corrected chi connectivity index (χ3v) is 2.43. The fourth-order valence-corrected chi connectivity index (χ4v) is 1.49. The average Bonchev–Trinajstić information content (AvgIpc) is 2.16. The van der Waals surface area contributed by atoms with E-state index >= 15 is 0 Å². The molecular formula is C8H11Cl2N3. The molecule has 0 spiro atoms. The van der Waals surface area contributed by atoms with Gasteiger partial charge < -0.3 is 4.90 Å². The van der Waals surface area contributed by atoms with Crippen molar-refractivity contribution < 1.29 is 0 Å². The molecule has 0 N–H and O–H groups in total. The summed E-state index contributed by atoms with van der Waals surface area (Å²) in [5.41, 5.74) is 0.787. The first-order valence-electron chi connectivity index (χ1n) is 3.97. The predicted molar refractivity (Wildman–Crippen MR) is 55.5 cm³/mol. The highest BCUT2D eigenvalue weighted by atomic mass is 35.5. The summed E-state index contributed by atoms with van der Waals surface area (Å²) >= 11 is 11.6. The quantitative estimate of drug-likeness (QED) is 0.578. The van der Waals surface area contributed by atoms with E-state index in [1.807, 2.05) is 18.9 Å². The highest BCUT2D eigenvalue weighted by Gasteiger charge is 2.10. The van der Waals surface area contributed by atoms with Gasteiger partial charge in [-0.05, 0) is 6.92 Å². The van der Waals surface area contributed by atoms with Crippen molar-refractivity contribution in [2.45, 2.75) is 12.8 Å². The molecule has 0 aliphatic rings. The molecular weight excluding hydrogens is 209 g/mol. The van der Waals surface area contributed by atoms with Crippen molar-refractivity contribution in [2.75, 3.05) is 18.5 Å². The lowest BCUT2D eigenvalue weighted by atomic mass is 10.3. The molecule has 13 heavy (non-hydrogen) atoms. The summed E-state index contributed by atoms with van der Waals surface area (Å²) in [4.78, 5) is 9.98. The first kappa shape index (κ1) is 10.5. The molecule has 0 fully saturated rings. The number of anilines is 1. The number of nitrogens with zero attached hydrogens (tertiary/aromatic N) is 3. The van der Waals surface area contributed by atoms with Gasteiger partial charge in [0, 0.05) is 19.2 Å². The zero-order chi connectivity index (χ0) is 9.84. The Morgan fingerprint density at radius 2 is 2.15 bits per heavy atom. The van der Waals surface area contributed by atoms with Crippen LogP contribution >= 0.6 is 23.2 Å². The van der Waals surface area contributed by atoms with E-state index in [-0.39, 0.29) is 0 Å².